The molecule has 0 unspecified atom stereocenters. The van der Waals surface area contributed by atoms with Gasteiger partial charge in [0.25, 0.3) is 5.56 Å². The highest BCUT2D eigenvalue weighted by Crippen LogP contribution is 2.10. The minimum absolute atomic E-state index is 0.0773. The Hall–Kier alpha value is -1.78. The van der Waals surface area contributed by atoms with Gasteiger partial charge in [0.15, 0.2) is 0 Å². The van der Waals surface area contributed by atoms with Crippen molar-refractivity contribution < 1.29 is 4.79 Å². The standard InChI is InChI=1S/C13H19N3O2/c14-11-5-6-13(18)16(10-11)9-8-15-7-3-1-2-4-12(15)17/h5-6,10H,1-4,7-9,14H2. The van der Waals surface area contributed by atoms with Crippen molar-refractivity contribution in [2.75, 3.05) is 18.8 Å². The van der Waals surface area contributed by atoms with Crippen LogP contribution in [0, 0.1) is 0 Å². The van der Waals surface area contributed by atoms with Crippen LogP contribution in [0.2, 0.25) is 0 Å². The lowest BCUT2D eigenvalue weighted by atomic mass is 10.2. The van der Waals surface area contributed by atoms with Crippen LogP contribution in [-0.2, 0) is 11.3 Å². The summed E-state index contributed by atoms with van der Waals surface area (Å²) in [4.78, 5) is 25.2. The second-order valence-corrected chi connectivity index (χ2v) is 4.69. The number of likely N-dealkylation sites (tertiary alicyclic amines) is 1. The summed E-state index contributed by atoms with van der Waals surface area (Å²) in [5.41, 5.74) is 6.14. The molecule has 0 atom stereocenters. The second kappa shape index (κ2) is 5.71. The van der Waals surface area contributed by atoms with Gasteiger partial charge in [0.05, 0.1) is 0 Å². The largest absolute Gasteiger partial charge is 0.398 e. The first-order valence-corrected chi connectivity index (χ1v) is 6.40. The summed E-state index contributed by atoms with van der Waals surface area (Å²) in [6.45, 7) is 1.90. The van der Waals surface area contributed by atoms with Gasteiger partial charge >= 0.3 is 0 Å². The van der Waals surface area contributed by atoms with Crippen LogP contribution >= 0.6 is 0 Å². The Balaban J connectivity index is 1.99. The average Bonchev–Trinajstić information content (AvgIpc) is 2.55. The van der Waals surface area contributed by atoms with Crippen LogP contribution in [0.3, 0.4) is 0 Å². The maximum Gasteiger partial charge on any atom is 0.250 e. The van der Waals surface area contributed by atoms with Crippen molar-refractivity contribution in [3.63, 3.8) is 0 Å². The summed E-state index contributed by atoms with van der Waals surface area (Å²) in [5.74, 6) is 0.199. The van der Waals surface area contributed by atoms with Crippen LogP contribution in [0.5, 0.6) is 0 Å². The summed E-state index contributed by atoms with van der Waals surface area (Å²) >= 11 is 0. The maximum atomic E-state index is 11.8. The number of nitrogens with two attached hydrogens (primary N) is 1. The van der Waals surface area contributed by atoms with Crippen molar-refractivity contribution in [2.24, 2.45) is 0 Å². The van der Waals surface area contributed by atoms with Gasteiger partial charge in [-0.1, -0.05) is 6.42 Å². The molecule has 98 valence electrons. The van der Waals surface area contributed by atoms with Gasteiger partial charge in [-0.05, 0) is 18.9 Å². The SMILES string of the molecule is Nc1ccc(=O)n(CCN2CCCCCC2=O)c1. The zero-order valence-electron chi connectivity index (χ0n) is 10.5. The smallest absolute Gasteiger partial charge is 0.250 e. The van der Waals surface area contributed by atoms with Gasteiger partial charge in [-0.3, -0.25) is 9.59 Å². The number of carbonyl (C=O) groups is 1. The summed E-state index contributed by atoms with van der Waals surface area (Å²) in [7, 11) is 0. The van der Waals surface area contributed by atoms with E-state index in [9.17, 15) is 9.59 Å². The molecule has 2 N–H and O–H groups in total. The molecule has 0 aromatic carbocycles. The number of amides is 1. The predicted octanol–water partition coefficient (Wildman–Crippen LogP) is 0.833. The third-order valence-corrected chi connectivity index (χ3v) is 3.29. The Morgan fingerprint density at radius 2 is 1.94 bits per heavy atom. The van der Waals surface area contributed by atoms with E-state index in [1.807, 2.05) is 4.90 Å². The quantitative estimate of drug-likeness (QED) is 0.862. The fraction of sp³-hybridized carbons (Fsp3) is 0.538. The number of nitrogen functional groups attached to an aromatic ring is 1. The van der Waals surface area contributed by atoms with E-state index in [-0.39, 0.29) is 11.5 Å². The van der Waals surface area contributed by atoms with Gasteiger partial charge in [0.1, 0.15) is 0 Å². The highest BCUT2D eigenvalue weighted by atomic mass is 16.2. The first-order chi connectivity index (χ1) is 8.66. The molecule has 2 rings (SSSR count). The molecule has 0 bridgehead atoms. The number of aromatic nitrogens is 1. The molecule has 1 aliphatic heterocycles. The van der Waals surface area contributed by atoms with Crippen LogP contribution < -0.4 is 11.3 Å². The summed E-state index contributed by atoms with van der Waals surface area (Å²) < 4.78 is 1.56. The van der Waals surface area contributed by atoms with Crippen LogP contribution in [-0.4, -0.2) is 28.5 Å². The molecule has 1 saturated heterocycles. The van der Waals surface area contributed by atoms with E-state index in [1.54, 1.807) is 16.8 Å². The summed E-state index contributed by atoms with van der Waals surface area (Å²) in [6, 6.07) is 3.05. The normalized spacial score (nSPS) is 16.7. The van der Waals surface area contributed by atoms with Crippen LogP contribution in [0.4, 0.5) is 5.69 Å². The molecule has 0 aliphatic carbocycles. The zero-order valence-corrected chi connectivity index (χ0v) is 10.5. The number of rotatable bonds is 3. The van der Waals surface area contributed by atoms with Crippen molar-refractivity contribution in [1.82, 2.24) is 9.47 Å². The molecule has 0 saturated carbocycles. The minimum atomic E-state index is -0.0773. The van der Waals surface area contributed by atoms with E-state index in [0.29, 0.717) is 25.2 Å². The summed E-state index contributed by atoms with van der Waals surface area (Å²) in [6.07, 6.45) is 5.40. The lowest BCUT2D eigenvalue weighted by Gasteiger charge is -2.20. The van der Waals surface area contributed by atoms with Gasteiger partial charge in [0.2, 0.25) is 5.91 Å². The number of nitrogens with zero attached hydrogens (tertiary/aromatic N) is 2. The molecule has 1 fully saturated rings. The zero-order chi connectivity index (χ0) is 13.0. The second-order valence-electron chi connectivity index (χ2n) is 4.69. The fourth-order valence-electron chi connectivity index (χ4n) is 2.23. The Morgan fingerprint density at radius 3 is 2.78 bits per heavy atom. The number of anilines is 1. The Bertz CT molecular complexity index is 481. The molecular weight excluding hydrogens is 230 g/mol. The fourth-order valence-corrected chi connectivity index (χ4v) is 2.23. The molecule has 1 aromatic heterocycles. The molecule has 1 aromatic rings. The Labute approximate surface area is 106 Å². The Morgan fingerprint density at radius 1 is 1.11 bits per heavy atom. The van der Waals surface area contributed by atoms with Gasteiger partial charge in [-0.15, -0.1) is 0 Å². The molecule has 0 radical (unpaired) electrons. The topological polar surface area (TPSA) is 68.3 Å². The molecule has 2 heterocycles. The highest BCUT2D eigenvalue weighted by Gasteiger charge is 2.16. The van der Waals surface area contributed by atoms with E-state index >= 15 is 0 Å². The van der Waals surface area contributed by atoms with Gasteiger partial charge in [-0.25, -0.2) is 0 Å². The number of hydrogen-bond donors (Lipinski definition) is 1. The van der Waals surface area contributed by atoms with Gasteiger partial charge < -0.3 is 15.2 Å². The van der Waals surface area contributed by atoms with Crippen LogP contribution in [0.25, 0.3) is 0 Å². The van der Waals surface area contributed by atoms with Crippen molar-refractivity contribution in [3.8, 4) is 0 Å². The predicted molar refractivity (Wildman–Crippen MR) is 70.2 cm³/mol. The van der Waals surface area contributed by atoms with E-state index < -0.39 is 0 Å². The van der Waals surface area contributed by atoms with E-state index in [2.05, 4.69) is 0 Å². The molecule has 18 heavy (non-hydrogen) atoms. The van der Waals surface area contributed by atoms with Crippen LogP contribution in [0.15, 0.2) is 23.1 Å². The van der Waals surface area contributed by atoms with Gasteiger partial charge in [0, 0.05) is 44.0 Å². The molecule has 1 aliphatic rings. The van der Waals surface area contributed by atoms with Crippen molar-refractivity contribution in [1.29, 1.82) is 0 Å². The third kappa shape index (κ3) is 3.12. The first-order valence-electron chi connectivity index (χ1n) is 6.40. The number of hydrogen-bond acceptors (Lipinski definition) is 3. The molecule has 0 spiro atoms. The van der Waals surface area contributed by atoms with Crippen LogP contribution in [0.1, 0.15) is 25.7 Å². The number of pyridine rings is 1. The lowest BCUT2D eigenvalue weighted by molar-refractivity contribution is -0.130. The average molecular weight is 249 g/mol. The minimum Gasteiger partial charge on any atom is -0.398 e. The number of carbonyl (C=O) groups excluding carboxylic acids is 1. The van der Waals surface area contributed by atoms with Crippen molar-refractivity contribution in [2.45, 2.75) is 32.2 Å². The maximum absolute atomic E-state index is 11.8. The van der Waals surface area contributed by atoms with Crippen molar-refractivity contribution >= 4 is 11.6 Å². The van der Waals surface area contributed by atoms with Crippen molar-refractivity contribution in [3.05, 3.63) is 28.7 Å². The molecular formula is C13H19N3O2. The molecule has 1 amide bonds. The first kappa shape index (κ1) is 12.7. The summed E-state index contributed by atoms with van der Waals surface area (Å²) in [5, 5.41) is 0. The molecule has 5 heteroatoms. The van der Waals surface area contributed by atoms with Gasteiger partial charge in [-0.2, -0.15) is 0 Å². The highest BCUT2D eigenvalue weighted by molar-refractivity contribution is 5.76. The van der Waals surface area contributed by atoms with E-state index in [4.69, 9.17) is 5.73 Å². The van der Waals surface area contributed by atoms with E-state index in [1.165, 1.54) is 6.07 Å². The monoisotopic (exact) mass is 249 g/mol. The van der Waals surface area contributed by atoms with E-state index in [0.717, 1.165) is 25.8 Å². The lowest BCUT2D eigenvalue weighted by Crippen LogP contribution is -2.35. The molecule has 5 nitrogen and oxygen atoms in total. The Kier molecular flexibility index (Phi) is 4.02. The third-order valence-electron chi connectivity index (χ3n) is 3.29.